The first kappa shape index (κ1) is 22.7. The lowest BCUT2D eigenvalue weighted by Gasteiger charge is -2.36. The topological polar surface area (TPSA) is 84.3 Å². The Morgan fingerprint density at radius 1 is 1.16 bits per heavy atom. The van der Waals surface area contributed by atoms with E-state index in [9.17, 15) is 14.4 Å². The van der Waals surface area contributed by atoms with E-state index in [1.165, 1.54) is 0 Å². The zero-order valence-corrected chi connectivity index (χ0v) is 18.8. The fourth-order valence-electron chi connectivity index (χ4n) is 4.06. The summed E-state index contributed by atoms with van der Waals surface area (Å²) in [5.41, 5.74) is 0.508. The van der Waals surface area contributed by atoms with Gasteiger partial charge in [0.2, 0.25) is 5.43 Å². The molecule has 31 heavy (non-hydrogen) atoms. The number of carbonyl (C=O) groups excluding carboxylic acids is 2. The molecule has 2 aromatic rings. The van der Waals surface area contributed by atoms with Crippen LogP contribution >= 0.6 is 0 Å². The van der Waals surface area contributed by atoms with Crippen molar-refractivity contribution in [3.05, 3.63) is 63.8 Å². The van der Waals surface area contributed by atoms with Crippen LogP contribution in [0.1, 0.15) is 79.3 Å². The Bertz CT molecular complexity index is 982. The molecular formula is C24H32N4O3. The number of nitrogens with zero attached hydrogens (tertiary/aromatic N) is 3. The minimum absolute atomic E-state index is 0.00939. The van der Waals surface area contributed by atoms with Gasteiger partial charge in [-0.1, -0.05) is 19.9 Å². The summed E-state index contributed by atoms with van der Waals surface area (Å²) in [5.74, 6) is -0.477. The van der Waals surface area contributed by atoms with Crippen LogP contribution in [0.15, 0.2) is 41.7 Å². The Morgan fingerprint density at radius 2 is 1.90 bits per heavy atom. The van der Waals surface area contributed by atoms with E-state index >= 15 is 0 Å². The molecule has 0 radical (unpaired) electrons. The lowest BCUT2D eigenvalue weighted by molar-refractivity contribution is 0.0608. The second kappa shape index (κ2) is 9.90. The van der Waals surface area contributed by atoms with E-state index in [1.807, 2.05) is 26.0 Å². The van der Waals surface area contributed by atoms with Crippen molar-refractivity contribution in [2.75, 3.05) is 6.54 Å². The summed E-state index contributed by atoms with van der Waals surface area (Å²) in [6, 6.07) is 3.59. The second-order valence-electron chi connectivity index (χ2n) is 8.93. The molecule has 7 nitrogen and oxygen atoms in total. The molecule has 0 bridgehead atoms. The van der Waals surface area contributed by atoms with Gasteiger partial charge < -0.3 is 14.8 Å². The summed E-state index contributed by atoms with van der Waals surface area (Å²) < 4.78 is 1.79. The minimum Gasteiger partial charge on any atom is -0.352 e. The summed E-state index contributed by atoms with van der Waals surface area (Å²) >= 11 is 0. The molecule has 3 rings (SSSR count). The van der Waals surface area contributed by atoms with Crippen LogP contribution in [0.2, 0.25) is 0 Å². The quantitative estimate of drug-likeness (QED) is 0.770. The number of aromatic nitrogens is 2. The first-order valence-corrected chi connectivity index (χ1v) is 11.0. The van der Waals surface area contributed by atoms with Crippen LogP contribution in [0.4, 0.5) is 0 Å². The summed E-state index contributed by atoms with van der Waals surface area (Å²) in [5, 5.41) is 2.78. The number of nitrogens with one attached hydrogen (secondary N) is 1. The number of hydrogen-bond donors (Lipinski definition) is 1. The Kier molecular flexibility index (Phi) is 7.25. The first-order chi connectivity index (χ1) is 14.8. The monoisotopic (exact) mass is 424 g/mol. The van der Waals surface area contributed by atoms with Crippen molar-refractivity contribution in [3.8, 4) is 0 Å². The van der Waals surface area contributed by atoms with E-state index in [2.05, 4.69) is 24.1 Å². The van der Waals surface area contributed by atoms with E-state index in [-0.39, 0.29) is 29.1 Å². The summed E-state index contributed by atoms with van der Waals surface area (Å²) in [4.78, 5) is 45.5. The van der Waals surface area contributed by atoms with Crippen molar-refractivity contribution in [2.45, 2.75) is 65.6 Å². The molecule has 2 amide bonds. The number of piperidine rings is 1. The van der Waals surface area contributed by atoms with Gasteiger partial charge in [-0.05, 0) is 50.7 Å². The van der Waals surface area contributed by atoms with Crippen molar-refractivity contribution in [1.29, 1.82) is 0 Å². The van der Waals surface area contributed by atoms with Crippen LogP contribution in [-0.4, -0.2) is 38.9 Å². The molecule has 2 aromatic heterocycles. The molecule has 0 unspecified atom stereocenters. The standard InChI is InChI=1S/C24H32N4O3/c1-16(2)13-27-14-19(23(30)26-17(3)4)22(29)20(15-27)24(31)28-11-6-5-9-21(28)18-8-7-10-25-12-18/h7-8,10,12,14-17,21H,5-6,9,11,13H2,1-4H3,(H,26,30)/t21-/m0/s1. The van der Waals surface area contributed by atoms with Gasteiger partial charge in [0, 0.05) is 43.9 Å². The Morgan fingerprint density at radius 3 is 2.55 bits per heavy atom. The molecule has 1 aliphatic rings. The lowest BCUT2D eigenvalue weighted by atomic mass is 9.95. The number of hydrogen-bond acceptors (Lipinski definition) is 4. The maximum Gasteiger partial charge on any atom is 0.259 e. The molecule has 0 aromatic carbocycles. The van der Waals surface area contributed by atoms with Gasteiger partial charge in [-0.25, -0.2) is 0 Å². The second-order valence-corrected chi connectivity index (χ2v) is 8.93. The molecule has 1 saturated heterocycles. The molecule has 0 saturated carbocycles. The van der Waals surface area contributed by atoms with Crippen LogP contribution in [0, 0.1) is 5.92 Å². The Balaban J connectivity index is 2.03. The molecule has 1 N–H and O–H groups in total. The van der Waals surface area contributed by atoms with Crippen molar-refractivity contribution >= 4 is 11.8 Å². The third-order valence-electron chi connectivity index (χ3n) is 5.38. The maximum atomic E-state index is 13.6. The Labute approximate surface area is 183 Å². The molecule has 7 heteroatoms. The first-order valence-electron chi connectivity index (χ1n) is 11.0. The van der Waals surface area contributed by atoms with Gasteiger partial charge in [0.25, 0.3) is 11.8 Å². The minimum atomic E-state index is -0.515. The van der Waals surface area contributed by atoms with Crippen LogP contribution in [-0.2, 0) is 6.54 Å². The fraction of sp³-hybridized carbons (Fsp3) is 0.500. The molecule has 3 heterocycles. The largest absolute Gasteiger partial charge is 0.352 e. The van der Waals surface area contributed by atoms with Crippen molar-refractivity contribution in [3.63, 3.8) is 0 Å². The van der Waals surface area contributed by atoms with Gasteiger partial charge in [0.15, 0.2) is 0 Å². The number of amides is 2. The molecule has 1 atom stereocenters. The average molecular weight is 425 g/mol. The average Bonchev–Trinajstić information content (AvgIpc) is 2.74. The van der Waals surface area contributed by atoms with E-state index in [0.29, 0.717) is 19.0 Å². The summed E-state index contributed by atoms with van der Waals surface area (Å²) in [7, 11) is 0. The molecular weight excluding hydrogens is 392 g/mol. The van der Waals surface area contributed by atoms with Crippen molar-refractivity contribution in [1.82, 2.24) is 19.8 Å². The van der Waals surface area contributed by atoms with Crippen molar-refractivity contribution in [2.24, 2.45) is 5.92 Å². The number of carbonyl (C=O) groups is 2. The van der Waals surface area contributed by atoms with Crippen LogP contribution in [0.3, 0.4) is 0 Å². The highest BCUT2D eigenvalue weighted by atomic mass is 16.2. The molecule has 1 aliphatic heterocycles. The van der Waals surface area contributed by atoms with Gasteiger partial charge in [0.05, 0.1) is 6.04 Å². The predicted molar refractivity (Wildman–Crippen MR) is 120 cm³/mol. The number of pyridine rings is 2. The van der Waals surface area contributed by atoms with Gasteiger partial charge in [-0.2, -0.15) is 0 Å². The van der Waals surface area contributed by atoms with Gasteiger partial charge in [0.1, 0.15) is 11.1 Å². The van der Waals surface area contributed by atoms with Crippen molar-refractivity contribution < 1.29 is 9.59 Å². The van der Waals surface area contributed by atoms with E-state index in [4.69, 9.17) is 0 Å². The van der Waals surface area contributed by atoms with Gasteiger partial charge >= 0.3 is 0 Å². The van der Waals surface area contributed by atoms with Crippen LogP contribution < -0.4 is 10.7 Å². The summed E-state index contributed by atoms with van der Waals surface area (Å²) in [6.45, 7) is 8.96. The number of likely N-dealkylation sites (tertiary alicyclic amines) is 1. The fourth-order valence-corrected chi connectivity index (χ4v) is 4.06. The maximum absolute atomic E-state index is 13.6. The number of rotatable bonds is 6. The molecule has 166 valence electrons. The third-order valence-corrected chi connectivity index (χ3v) is 5.38. The van der Waals surface area contributed by atoms with E-state index < -0.39 is 11.3 Å². The van der Waals surface area contributed by atoms with Crippen LogP contribution in [0.5, 0.6) is 0 Å². The molecule has 0 spiro atoms. The normalized spacial score (nSPS) is 16.6. The lowest BCUT2D eigenvalue weighted by Crippen LogP contribution is -2.42. The van der Waals surface area contributed by atoms with Gasteiger partial charge in [-0.15, -0.1) is 0 Å². The molecule has 1 fully saturated rings. The third kappa shape index (κ3) is 5.40. The molecule has 0 aliphatic carbocycles. The summed E-state index contributed by atoms with van der Waals surface area (Å²) in [6.07, 6.45) is 9.37. The SMILES string of the molecule is CC(C)Cn1cc(C(=O)NC(C)C)c(=O)c(C(=O)N2CCCC[C@H]2c2cccnc2)c1. The smallest absolute Gasteiger partial charge is 0.259 e. The van der Waals surface area contributed by atoms with Gasteiger partial charge in [-0.3, -0.25) is 19.4 Å². The highest BCUT2D eigenvalue weighted by Gasteiger charge is 2.31. The van der Waals surface area contributed by atoms with E-state index in [1.54, 1.807) is 34.3 Å². The zero-order chi connectivity index (χ0) is 22.5. The predicted octanol–water partition coefficient (Wildman–Crippen LogP) is 3.40. The highest BCUT2D eigenvalue weighted by Crippen LogP contribution is 2.31. The van der Waals surface area contributed by atoms with E-state index in [0.717, 1.165) is 24.8 Å². The zero-order valence-electron chi connectivity index (χ0n) is 18.8. The van der Waals surface area contributed by atoms with Crippen LogP contribution in [0.25, 0.3) is 0 Å². The Hall–Kier alpha value is -2.96. The highest BCUT2D eigenvalue weighted by molar-refractivity contribution is 5.99.